The van der Waals surface area contributed by atoms with Crippen molar-refractivity contribution >= 4 is 17.9 Å². The van der Waals surface area contributed by atoms with E-state index in [4.69, 9.17) is 14.2 Å². The SMILES string of the molecule is C=C(C)C(=O)OCCC(OC(=O)c1ccccc1C(=O)O)C1CCCO1. The summed E-state index contributed by atoms with van der Waals surface area (Å²) in [4.78, 5) is 35.2. The maximum Gasteiger partial charge on any atom is 0.339 e. The highest BCUT2D eigenvalue weighted by Crippen LogP contribution is 2.22. The van der Waals surface area contributed by atoms with Crippen molar-refractivity contribution in [1.29, 1.82) is 0 Å². The number of carboxylic acids is 1. The predicted octanol–water partition coefficient (Wildman–Crippen LogP) is 2.60. The van der Waals surface area contributed by atoms with Crippen LogP contribution in [-0.4, -0.2) is 48.4 Å². The van der Waals surface area contributed by atoms with Crippen LogP contribution < -0.4 is 0 Å². The van der Waals surface area contributed by atoms with Gasteiger partial charge < -0.3 is 19.3 Å². The first-order valence-electron chi connectivity index (χ1n) is 8.37. The molecule has 0 aliphatic carbocycles. The Bertz CT molecular complexity index is 689. The van der Waals surface area contributed by atoms with E-state index in [2.05, 4.69) is 6.58 Å². The van der Waals surface area contributed by atoms with E-state index in [1.165, 1.54) is 18.2 Å². The number of rotatable bonds is 8. The second kappa shape index (κ2) is 9.15. The van der Waals surface area contributed by atoms with Gasteiger partial charge in [0.15, 0.2) is 0 Å². The lowest BCUT2D eigenvalue weighted by Crippen LogP contribution is -2.33. The molecule has 0 spiro atoms. The molecule has 0 radical (unpaired) electrons. The van der Waals surface area contributed by atoms with Gasteiger partial charge in [-0.15, -0.1) is 0 Å². The Kier molecular flexibility index (Phi) is 6.91. The zero-order valence-electron chi connectivity index (χ0n) is 14.6. The Hall–Kier alpha value is -2.67. The minimum Gasteiger partial charge on any atom is -0.478 e. The van der Waals surface area contributed by atoms with Gasteiger partial charge in [-0.2, -0.15) is 0 Å². The Labute approximate surface area is 151 Å². The molecule has 7 nitrogen and oxygen atoms in total. The Balaban J connectivity index is 2.06. The van der Waals surface area contributed by atoms with Crippen LogP contribution in [-0.2, 0) is 19.0 Å². The van der Waals surface area contributed by atoms with Crippen molar-refractivity contribution in [2.45, 2.75) is 38.4 Å². The number of carbonyl (C=O) groups is 3. The van der Waals surface area contributed by atoms with Gasteiger partial charge in [0.25, 0.3) is 0 Å². The average Bonchev–Trinajstić information content (AvgIpc) is 3.15. The molecule has 0 bridgehead atoms. The van der Waals surface area contributed by atoms with Gasteiger partial charge in [0.1, 0.15) is 6.10 Å². The summed E-state index contributed by atoms with van der Waals surface area (Å²) in [5, 5.41) is 9.22. The van der Waals surface area contributed by atoms with Crippen molar-refractivity contribution in [3.05, 3.63) is 47.5 Å². The highest BCUT2D eigenvalue weighted by molar-refractivity contribution is 6.02. The summed E-state index contributed by atoms with van der Waals surface area (Å²) in [5.74, 6) is -2.46. The van der Waals surface area contributed by atoms with Gasteiger partial charge in [0, 0.05) is 18.6 Å². The Morgan fingerprint density at radius 3 is 2.58 bits per heavy atom. The van der Waals surface area contributed by atoms with Crippen molar-refractivity contribution < 1.29 is 33.7 Å². The van der Waals surface area contributed by atoms with Gasteiger partial charge in [-0.05, 0) is 31.9 Å². The summed E-state index contributed by atoms with van der Waals surface area (Å²) in [7, 11) is 0. The number of carboxylic acid groups (broad SMARTS) is 1. The lowest BCUT2D eigenvalue weighted by Gasteiger charge is -2.23. The van der Waals surface area contributed by atoms with Crippen molar-refractivity contribution in [1.82, 2.24) is 0 Å². The van der Waals surface area contributed by atoms with Gasteiger partial charge in [-0.1, -0.05) is 18.7 Å². The molecule has 0 saturated carbocycles. The van der Waals surface area contributed by atoms with Crippen molar-refractivity contribution in [2.75, 3.05) is 13.2 Å². The van der Waals surface area contributed by atoms with Crippen LogP contribution in [0.4, 0.5) is 0 Å². The van der Waals surface area contributed by atoms with Gasteiger partial charge in [-0.25, -0.2) is 14.4 Å². The summed E-state index contributed by atoms with van der Waals surface area (Å²) >= 11 is 0. The molecule has 1 saturated heterocycles. The maximum atomic E-state index is 12.5. The number of ether oxygens (including phenoxy) is 3. The van der Waals surface area contributed by atoms with Crippen LogP contribution in [0.25, 0.3) is 0 Å². The zero-order chi connectivity index (χ0) is 19.1. The van der Waals surface area contributed by atoms with Crippen LogP contribution in [0, 0.1) is 0 Å². The molecule has 0 aromatic heterocycles. The minimum atomic E-state index is -1.21. The number of benzene rings is 1. The van der Waals surface area contributed by atoms with Crippen molar-refractivity contribution in [3.63, 3.8) is 0 Å². The fourth-order valence-corrected chi connectivity index (χ4v) is 2.66. The molecule has 2 unspecified atom stereocenters. The van der Waals surface area contributed by atoms with E-state index in [-0.39, 0.29) is 35.8 Å². The van der Waals surface area contributed by atoms with E-state index in [0.717, 1.165) is 6.42 Å². The van der Waals surface area contributed by atoms with E-state index >= 15 is 0 Å². The molecular formula is C19H22O7. The van der Waals surface area contributed by atoms with Gasteiger partial charge in [-0.3, -0.25) is 0 Å². The molecular weight excluding hydrogens is 340 g/mol. The van der Waals surface area contributed by atoms with Gasteiger partial charge in [0.05, 0.1) is 23.8 Å². The standard InChI is InChI=1S/C19H22O7/c1-12(2)18(22)25-11-9-16(15-8-5-10-24-15)26-19(23)14-7-4-3-6-13(14)17(20)21/h3-4,6-7,15-16H,1,5,8-11H2,2H3,(H,20,21). The van der Waals surface area contributed by atoms with Crippen LogP contribution in [0.3, 0.4) is 0 Å². The van der Waals surface area contributed by atoms with Crippen LogP contribution in [0.2, 0.25) is 0 Å². The molecule has 0 amide bonds. The number of aromatic carboxylic acids is 1. The summed E-state index contributed by atoms with van der Waals surface area (Å²) in [5.41, 5.74) is 0.130. The number of hydrogen-bond donors (Lipinski definition) is 1. The fraction of sp³-hybridized carbons (Fsp3) is 0.421. The summed E-state index contributed by atoms with van der Waals surface area (Å²) in [6.07, 6.45) is 0.873. The molecule has 140 valence electrons. The maximum absolute atomic E-state index is 12.5. The lowest BCUT2D eigenvalue weighted by molar-refractivity contribution is -0.140. The topological polar surface area (TPSA) is 99.1 Å². The first-order valence-corrected chi connectivity index (χ1v) is 8.37. The van der Waals surface area contributed by atoms with E-state index in [1.807, 2.05) is 0 Å². The highest BCUT2D eigenvalue weighted by atomic mass is 16.6. The fourth-order valence-electron chi connectivity index (χ4n) is 2.66. The van der Waals surface area contributed by atoms with Gasteiger partial charge in [0.2, 0.25) is 0 Å². The summed E-state index contributed by atoms with van der Waals surface area (Å²) < 4.78 is 16.2. The van der Waals surface area contributed by atoms with E-state index < -0.39 is 24.0 Å². The molecule has 1 heterocycles. The third-order valence-corrected chi connectivity index (χ3v) is 4.00. The average molecular weight is 362 g/mol. The van der Waals surface area contributed by atoms with E-state index in [1.54, 1.807) is 13.0 Å². The lowest BCUT2D eigenvalue weighted by atomic mass is 10.1. The monoisotopic (exact) mass is 362 g/mol. The third-order valence-electron chi connectivity index (χ3n) is 4.00. The number of carbonyl (C=O) groups excluding carboxylic acids is 2. The smallest absolute Gasteiger partial charge is 0.339 e. The minimum absolute atomic E-state index is 0.0260. The van der Waals surface area contributed by atoms with Crippen molar-refractivity contribution in [2.24, 2.45) is 0 Å². The molecule has 2 rings (SSSR count). The van der Waals surface area contributed by atoms with E-state index in [9.17, 15) is 19.5 Å². The quantitative estimate of drug-likeness (QED) is 0.560. The van der Waals surface area contributed by atoms with Crippen LogP contribution in [0.1, 0.15) is 46.9 Å². The largest absolute Gasteiger partial charge is 0.478 e. The molecule has 1 N–H and O–H groups in total. The number of esters is 2. The molecule has 1 fully saturated rings. The van der Waals surface area contributed by atoms with Crippen LogP contribution in [0.15, 0.2) is 36.4 Å². The second-order valence-corrected chi connectivity index (χ2v) is 6.05. The zero-order valence-corrected chi connectivity index (χ0v) is 14.6. The molecule has 26 heavy (non-hydrogen) atoms. The summed E-state index contributed by atoms with van der Waals surface area (Å²) in [6.45, 7) is 5.66. The first-order chi connectivity index (χ1) is 12.4. The predicted molar refractivity (Wildman–Crippen MR) is 92.0 cm³/mol. The number of hydrogen-bond acceptors (Lipinski definition) is 6. The van der Waals surface area contributed by atoms with Crippen molar-refractivity contribution in [3.8, 4) is 0 Å². The molecule has 7 heteroatoms. The molecule has 1 aromatic carbocycles. The highest BCUT2D eigenvalue weighted by Gasteiger charge is 2.30. The second-order valence-electron chi connectivity index (χ2n) is 6.05. The molecule has 1 aliphatic rings. The molecule has 1 aliphatic heterocycles. The summed E-state index contributed by atoms with van der Waals surface area (Å²) in [6, 6.07) is 5.85. The Morgan fingerprint density at radius 1 is 1.31 bits per heavy atom. The van der Waals surface area contributed by atoms with Gasteiger partial charge >= 0.3 is 17.9 Å². The molecule has 1 aromatic rings. The normalized spacial score (nSPS) is 17.3. The van der Waals surface area contributed by atoms with E-state index in [0.29, 0.717) is 13.0 Å². The van der Waals surface area contributed by atoms with Crippen LogP contribution in [0.5, 0.6) is 0 Å². The first kappa shape index (κ1) is 19.7. The van der Waals surface area contributed by atoms with Crippen LogP contribution >= 0.6 is 0 Å². The third kappa shape index (κ3) is 5.16. The Morgan fingerprint density at radius 2 is 2.00 bits per heavy atom. The molecule has 2 atom stereocenters.